The summed E-state index contributed by atoms with van der Waals surface area (Å²) in [5.41, 5.74) is 2.92. The van der Waals surface area contributed by atoms with Gasteiger partial charge < -0.3 is 24.6 Å². The van der Waals surface area contributed by atoms with Crippen molar-refractivity contribution in [2.24, 2.45) is 5.41 Å². The molecule has 12 heteroatoms. The van der Waals surface area contributed by atoms with Crippen LogP contribution in [0.15, 0.2) is 49.1 Å². The first-order valence-corrected chi connectivity index (χ1v) is 19.1. The van der Waals surface area contributed by atoms with E-state index >= 15 is 0 Å². The summed E-state index contributed by atoms with van der Waals surface area (Å²) in [5.74, 6) is 0.229. The van der Waals surface area contributed by atoms with E-state index in [2.05, 4.69) is 37.2 Å². The van der Waals surface area contributed by atoms with Crippen molar-refractivity contribution in [3.63, 3.8) is 0 Å². The monoisotopic (exact) mass is 706 g/mol. The first-order valence-electron chi connectivity index (χ1n) is 19.1. The van der Waals surface area contributed by atoms with Gasteiger partial charge in [0.2, 0.25) is 11.8 Å². The van der Waals surface area contributed by atoms with Crippen molar-refractivity contribution < 1.29 is 18.4 Å². The van der Waals surface area contributed by atoms with E-state index in [4.69, 9.17) is 4.98 Å². The summed E-state index contributed by atoms with van der Waals surface area (Å²) < 4.78 is 31.1. The zero-order chi connectivity index (χ0) is 35.4. The van der Waals surface area contributed by atoms with Gasteiger partial charge in [-0.25, -0.2) is 18.7 Å². The van der Waals surface area contributed by atoms with Crippen LogP contribution < -0.4 is 10.2 Å². The zero-order valence-corrected chi connectivity index (χ0v) is 29.6. The van der Waals surface area contributed by atoms with E-state index in [9.17, 15) is 18.4 Å². The second-order valence-electron chi connectivity index (χ2n) is 16.4. The van der Waals surface area contributed by atoms with Gasteiger partial charge in [0.05, 0.1) is 40.3 Å². The minimum Gasteiger partial charge on any atom is -0.342 e. The van der Waals surface area contributed by atoms with Crippen LogP contribution >= 0.6 is 0 Å². The van der Waals surface area contributed by atoms with Crippen molar-refractivity contribution in [1.82, 2.24) is 29.3 Å². The summed E-state index contributed by atoms with van der Waals surface area (Å²) in [6.07, 6.45) is 12.3. The lowest BCUT2D eigenvalue weighted by Gasteiger charge is -2.65. The van der Waals surface area contributed by atoms with E-state index in [0.29, 0.717) is 69.3 Å². The molecule has 52 heavy (non-hydrogen) atoms. The second-order valence-corrected chi connectivity index (χ2v) is 16.4. The summed E-state index contributed by atoms with van der Waals surface area (Å²) in [7, 11) is 0. The fraction of sp³-hybridized carbons (Fsp3) is 0.525. The number of aryl methyl sites for hydroxylation is 1. The number of imidazole rings is 1. The Bertz CT molecular complexity index is 2090. The SMILES string of the molecule is CCn1cnc2cc(-c3ccc4c(c3)N(C3CC(N5CCCCC5)C3)C(=O)C43CCN(C(=O)C45CC(F)(C4)C5)CC3)nc(Nc3ccncc3F)c21. The number of likely N-dealkylation sites (tertiary alicyclic amines) is 2. The molecule has 2 saturated heterocycles. The number of hydrogen-bond donors (Lipinski definition) is 1. The van der Waals surface area contributed by atoms with E-state index in [1.807, 2.05) is 28.5 Å². The van der Waals surface area contributed by atoms with Crippen molar-refractivity contribution in [3.8, 4) is 11.3 Å². The van der Waals surface area contributed by atoms with Gasteiger partial charge in [-0.05, 0) is 102 Å². The third kappa shape index (κ3) is 4.71. The van der Waals surface area contributed by atoms with Gasteiger partial charge in [0.25, 0.3) is 0 Å². The molecule has 2 bridgehead atoms. The van der Waals surface area contributed by atoms with Crippen molar-refractivity contribution in [2.75, 3.05) is 36.4 Å². The molecule has 2 amide bonds. The van der Waals surface area contributed by atoms with E-state index in [0.717, 1.165) is 53.8 Å². The number of rotatable bonds is 7. The molecular weight excluding hydrogens is 662 g/mol. The van der Waals surface area contributed by atoms with Gasteiger partial charge in [0.15, 0.2) is 11.6 Å². The Hall–Kier alpha value is -4.45. The smallest absolute Gasteiger partial charge is 0.238 e. The Morgan fingerprint density at radius 1 is 1.00 bits per heavy atom. The molecule has 1 N–H and O–H groups in total. The van der Waals surface area contributed by atoms with Crippen molar-refractivity contribution in [1.29, 1.82) is 0 Å². The Morgan fingerprint density at radius 3 is 2.48 bits per heavy atom. The van der Waals surface area contributed by atoms with Crippen molar-refractivity contribution in [2.45, 2.75) is 101 Å². The van der Waals surface area contributed by atoms with Gasteiger partial charge in [0, 0.05) is 49.2 Å². The Balaban J connectivity index is 1.00. The third-order valence-corrected chi connectivity index (χ3v) is 13.3. The average molecular weight is 707 g/mol. The number of nitrogens with one attached hydrogen (secondary N) is 1. The molecule has 11 rings (SSSR count). The highest BCUT2D eigenvalue weighted by atomic mass is 19.1. The van der Waals surface area contributed by atoms with Crippen LogP contribution in [0.25, 0.3) is 22.3 Å². The number of carbonyl (C=O) groups is 2. The van der Waals surface area contributed by atoms with Crippen LogP contribution in [0.4, 0.5) is 26.0 Å². The topological polar surface area (TPSA) is 99.5 Å². The van der Waals surface area contributed by atoms with Gasteiger partial charge >= 0.3 is 0 Å². The summed E-state index contributed by atoms with van der Waals surface area (Å²) in [5, 5.41) is 3.20. The number of benzene rings is 1. The Kier molecular flexibility index (Phi) is 7.14. The maximum absolute atomic E-state index is 14.9. The standard InChI is InChI=1S/C40H44F2N8O2/c1-2-47-24-44-32-19-31(46-35(34(32)47)45-30-8-11-43-20-29(30)41)25-6-7-28-33(16-25)50(27-17-26(18-27)48-12-4-3-5-13-48)37(52)40(28)9-14-49(15-10-40)36(51)38-21-39(42,22-38)23-38/h6-8,11,16,19-20,24,26-27H,2-5,9-10,12-15,17-18,21-23H2,1H3,(H,43,45,46). The minimum absolute atomic E-state index is 0.0751. The van der Waals surface area contributed by atoms with Crippen LogP contribution in [0, 0.1) is 11.2 Å². The Morgan fingerprint density at radius 2 is 1.77 bits per heavy atom. The predicted molar refractivity (Wildman–Crippen MR) is 193 cm³/mol. The number of pyridine rings is 2. The van der Waals surface area contributed by atoms with Gasteiger partial charge in [-0.2, -0.15) is 0 Å². The van der Waals surface area contributed by atoms with Gasteiger partial charge in [-0.1, -0.05) is 18.6 Å². The number of aromatic nitrogens is 4. The largest absolute Gasteiger partial charge is 0.342 e. The summed E-state index contributed by atoms with van der Waals surface area (Å²) >= 11 is 0. The molecular formula is C40H44F2N8O2. The molecule has 0 atom stereocenters. The molecule has 3 aliphatic heterocycles. The highest BCUT2D eigenvalue weighted by Crippen LogP contribution is 2.70. The maximum atomic E-state index is 14.9. The lowest BCUT2D eigenvalue weighted by molar-refractivity contribution is -0.222. The van der Waals surface area contributed by atoms with Crippen LogP contribution in [0.1, 0.15) is 76.7 Å². The van der Waals surface area contributed by atoms with Crippen LogP contribution in [-0.4, -0.2) is 85.1 Å². The molecule has 4 aliphatic carbocycles. The van der Waals surface area contributed by atoms with E-state index in [1.165, 1.54) is 31.7 Å². The number of carbonyl (C=O) groups excluding carboxylic acids is 2. The number of fused-ring (bicyclic) bond motifs is 3. The molecule has 4 aromatic rings. The van der Waals surface area contributed by atoms with Crippen molar-refractivity contribution in [3.05, 3.63) is 60.4 Å². The third-order valence-electron chi connectivity index (χ3n) is 13.3. The number of piperidine rings is 2. The molecule has 6 heterocycles. The minimum atomic E-state index is -1.12. The zero-order valence-electron chi connectivity index (χ0n) is 29.6. The fourth-order valence-electron chi connectivity index (χ4n) is 10.4. The molecule has 0 radical (unpaired) electrons. The molecule has 7 aliphatic rings. The fourth-order valence-corrected chi connectivity index (χ4v) is 10.4. The second kappa shape index (κ2) is 11.5. The number of nitrogens with zero attached hydrogens (tertiary/aromatic N) is 7. The molecule has 4 saturated carbocycles. The van der Waals surface area contributed by atoms with Crippen LogP contribution in [-0.2, 0) is 21.5 Å². The quantitative estimate of drug-likeness (QED) is 0.234. The number of amides is 2. The lowest BCUT2D eigenvalue weighted by Crippen LogP contribution is -2.71. The normalized spacial score (nSPS) is 29.1. The van der Waals surface area contributed by atoms with E-state index in [-0.39, 0.29) is 23.5 Å². The average Bonchev–Trinajstić information content (AvgIpc) is 3.64. The summed E-state index contributed by atoms with van der Waals surface area (Å²) in [6.45, 7) is 5.96. The van der Waals surface area contributed by atoms with Crippen LogP contribution in [0.5, 0.6) is 0 Å². The maximum Gasteiger partial charge on any atom is 0.238 e. The first kappa shape index (κ1) is 32.2. The number of alkyl halides is 1. The Labute approximate surface area is 301 Å². The number of anilines is 3. The molecule has 6 fully saturated rings. The van der Waals surface area contributed by atoms with Gasteiger partial charge in [-0.3, -0.25) is 14.6 Å². The lowest BCUT2D eigenvalue weighted by atomic mass is 9.42. The molecule has 270 valence electrons. The van der Waals surface area contributed by atoms with Crippen molar-refractivity contribution >= 4 is 40.0 Å². The molecule has 3 aromatic heterocycles. The van der Waals surface area contributed by atoms with Gasteiger partial charge in [0.1, 0.15) is 11.2 Å². The van der Waals surface area contributed by atoms with Crippen LogP contribution in [0.3, 0.4) is 0 Å². The van der Waals surface area contributed by atoms with E-state index < -0.39 is 22.3 Å². The van der Waals surface area contributed by atoms with Gasteiger partial charge in [-0.15, -0.1) is 0 Å². The number of halogens is 2. The molecule has 10 nitrogen and oxygen atoms in total. The highest BCUT2D eigenvalue weighted by Gasteiger charge is 2.73. The first-order chi connectivity index (χ1) is 25.2. The molecule has 1 aromatic carbocycles. The summed E-state index contributed by atoms with van der Waals surface area (Å²) in [6, 6.07) is 10.4. The van der Waals surface area contributed by atoms with E-state index in [1.54, 1.807) is 12.4 Å². The molecule has 1 spiro atoms. The molecule has 0 unspecified atom stereocenters. The summed E-state index contributed by atoms with van der Waals surface area (Å²) in [4.78, 5) is 48.6. The number of hydrogen-bond acceptors (Lipinski definition) is 7. The predicted octanol–water partition coefficient (Wildman–Crippen LogP) is 6.51. The van der Waals surface area contributed by atoms with Crippen LogP contribution in [0.2, 0.25) is 0 Å². The highest BCUT2D eigenvalue weighted by molar-refractivity contribution is 6.09.